The van der Waals surface area contributed by atoms with Gasteiger partial charge in [0.1, 0.15) is 0 Å². The minimum absolute atomic E-state index is 0.566. The number of hydrogen-bond acceptors (Lipinski definition) is 3. The van der Waals surface area contributed by atoms with E-state index in [0.29, 0.717) is 10.0 Å². The topological polar surface area (TPSA) is 29.3 Å². The molecular weight excluding hydrogens is 325 g/mol. The maximum atomic E-state index is 6.13. The smallest absolute Gasteiger partial charge is 0.194 e. The van der Waals surface area contributed by atoms with Crippen molar-refractivity contribution in [1.82, 2.24) is 14.7 Å². The number of hydrogen-bond donors (Lipinski definition) is 1. The number of aromatic nitrogens is 2. The molecule has 0 aliphatic carbocycles. The van der Waals surface area contributed by atoms with E-state index in [2.05, 4.69) is 16.6 Å². The first-order valence-corrected chi connectivity index (χ1v) is 8.38. The van der Waals surface area contributed by atoms with Crippen LogP contribution in [0.5, 0.6) is 0 Å². The third-order valence-corrected chi connectivity index (χ3v) is 5.72. The quantitative estimate of drug-likeness (QED) is 0.716. The van der Waals surface area contributed by atoms with Crippen molar-refractivity contribution in [2.75, 3.05) is 6.54 Å². The van der Waals surface area contributed by atoms with Crippen LogP contribution in [0.4, 0.5) is 0 Å². The Labute approximate surface area is 136 Å². The van der Waals surface area contributed by atoms with Gasteiger partial charge in [-0.2, -0.15) is 0 Å². The zero-order valence-electron chi connectivity index (χ0n) is 11.4. The maximum absolute atomic E-state index is 6.13. The van der Waals surface area contributed by atoms with Crippen LogP contribution in [-0.4, -0.2) is 15.9 Å². The number of rotatable bonds is 1. The van der Waals surface area contributed by atoms with Gasteiger partial charge in [-0.1, -0.05) is 40.6 Å². The molecule has 3 nitrogen and oxygen atoms in total. The second-order valence-electron chi connectivity index (χ2n) is 5.19. The Hall–Kier alpha value is -1.07. The summed E-state index contributed by atoms with van der Waals surface area (Å²) in [4.78, 5) is 7.26. The number of thiazole rings is 1. The van der Waals surface area contributed by atoms with Gasteiger partial charge in [0, 0.05) is 41.3 Å². The van der Waals surface area contributed by atoms with Crippen LogP contribution in [0, 0.1) is 6.92 Å². The summed E-state index contributed by atoms with van der Waals surface area (Å²) < 4.78 is 2.29. The first-order valence-electron chi connectivity index (χ1n) is 6.81. The molecule has 0 atom stereocenters. The fourth-order valence-electron chi connectivity index (χ4n) is 2.87. The molecular formula is C15H13Cl2N3S. The van der Waals surface area contributed by atoms with Gasteiger partial charge < -0.3 is 5.32 Å². The fraction of sp³-hybridized carbons (Fsp3) is 0.267. The fourth-order valence-corrected chi connectivity index (χ4v) is 4.35. The minimum atomic E-state index is 0.566. The van der Waals surface area contributed by atoms with Crippen molar-refractivity contribution < 1.29 is 0 Å². The lowest BCUT2D eigenvalue weighted by Crippen LogP contribution is -2.23. The Kier molecular flexibility index (Phi) is 3.23. The molecule has 3 heterocycles. The zero-order chi connectivity index (χ0) is 14.6. The molecule has 0 bridgehead atoms. The minimum Gasteiger partial charge on any atom is -0.311 e. The molecule has 0 saturated carbocycles. The lowest BCUT2D eigenvalue weighted by molar-refractivity contribution is 0.636. The summed E-state index contributed by atoms with van der Waals surface area (Å²) in [6.07, 6.45) is 1.05. The van der Waals surface area contributed by atoms with Crippen LogP contribution in [0.3, 0.4) is 0 Å². The van der Waals surface area contributed by atoms with Crippen molar-refractivity contribution in [1.29, 1.82) is 0 Å². The third-order valence-electron chi connectivity index (χ3n) is 3.90. The lowest BCUT2D eigenvalue weighted by Gasteiger charge is -2.13. The summed E-state index contributed by atoms with van der Waals surface area (Å²) in [7, 11) is 0. The lowest BCUT2D eigenvalue weighted by atomic mass is 10.1. The number of nitrogens with zero attached hydrogens (tertiary/aromatic N) is 2. The van der Waals surface area contributed by atoms with Gasteiger partial charge in [-0.05, 0) is 19.1 Å². The number of benzene rings is 1. The standard InChI is InChI=1S/C15H13Cl2N3S/c1-8-14(9-2-3-10(16)11(17)6-9)19-15-20(8)12-4-5-18-7-13(12)21-15/h2-3,6,18H,4-5,7H2,1H3. The largest absolute Gasteiger partial charge is 0.311 e. The first kappa shape index (κ1) is 13.6. The number of imidazole rings is 1. The summed E-state index contributed by atoms with van der Waals surface area (Å²) in [6.45, 7) is 4.09. The summed E-state index contributed by atoms with van der Waals surface area (Å²) in [5, 5.41) is 4.55. The molecule has 21 heavy (non-hydrogen) atoms. The molecule has 0 unspecified atom stereocenters. The van der Waals surface area contributed by atoms with Crippen LogP contribution in [0.2, 0.25) is 10.0 Å². The van der Waals surface area contributed by atoms with Gasteiger partial charge in [-0.25, -0.2) is 4.98 Å². The second-order valence-corrected chi connectivity index (χ2v) is 7.07. The SMILES string of the molecule is Cc1c(-c2ccc(Cl)c(Cl)c2)nc2sc3c(n12)CCNC3. The Balaban J connectivity index is 1.92. The highest BCUT2D eigenvalue weighted by molar-refractivity contribution is 7.17. The molecule has 1 aliphatic heterocycles. The molecule has 0 saturated heterocycles. The Morgan fingerprint density at radius 3 is 2.95 bits per heavy atom. The highest BCUT2D eigenvalue weighted by Crippen LogP contribution is 2.34. The van der Waals surface area contributed by atoms with Crippen LogP contribution in [0.15, 0.2) is 18.2 Å². The third kappa shape index (κ3) is 2.09. The summed E-state index contributed by atoms with van der Waals surface area (Å²) >= 11 is 13.9. The van der Waals surface area contributed by atoms with Gasteiger partial charge >= 0.3 is 0 Å². The molecule has 0 radical (unpaired) electrons. The van der Waals surface area contributed by atoms with E-state index in [0.717, 1.165) is 35.7 Å². The monoisotopic (exact) mass is 337 g/mol. The zero-order valence-corrected chi connectivity index (χ0v) is 13.7. The van der Waals surface area contributed by atoms with Crippen LogP contribution in [0.25, 0.3) is 16.2 Å². The van der Waals surface area contributed by atoms with Crippen molar-refractivity contribution in [3.63, 3.8) is 0 Å². The molecule has 108 valence electrons. The van der Waals surface area contributed by atoms with Gasteiger partial charge in [0.05, 0.1) is 15.7 Å². The Morgan fingerprint density at radius 2 is 2.14 bits per heavy atom. The van der Waals surface area contributed by atoms with E-state index in [4.69, 9.17) is 28.2 Å². The molecule has 4 rings (SSSR count). The van der Waals surface area contributed by atoms with Crippen LogP contribution >= 0.6 is 34.5 Å². The van der Waals surface area contributed by atoms with E-state index < -0.39 is 0 Å². The predicted octanol–water partition coefficient (Wildman–Crippen LogP) is 4.32. The van der Waals surface area contributed by atoms with Crippen molar-refractivity contribution in [2.45, 2.75) is 19.9 Å². The molecule has 6 heteroatoms. The van der Waals surface area contributed by atoms with Crippen molar-refractivity contribution in [3.05, 3.63) is 44.5 Å². The molecule has 2 aromatic heterocycles. The van der Waals surface area contributed by atoms with Crippen molar-refractivity contribution in [3.8, 4) is 11.3 Å². The average molecular weight is 338 g/mol. The van der Waals surface area contributed by atoms with E-state index in [-0.39, 0.29) is 0 Å². The summed E-state index contributed by atoms with van der Waals surface area (Å²) in [5.41, 5.74) is 4.56. The molecule has 0 amide bonds. The van der Waals surface area contributed by atoms with Crippen molar-refractivity contribution in [2.24, 2.45) is 0 Å². The number of fused-ring (bicyclic) bond motifs is 3. The number of nitrogens with one attached hydrogen (secondary N) is 1. The molecule has 1 aromatic carbocycles. The molecule has 1 aliphatic rings. The van der Waals surface area contributed by atoms with E-state index in [1.54, 1.807) is 11.3 Å². The van der Waals surface area contributed by atoms with Crippen LogP contribution < -0.4 is 5.32 Å². The highest BCUT2D eigenvalue weighted by Gasteiger charge is 2.21. The average Bonchev–Trinajstić information content (AvgIpc) is 2.99. The van der Waals surface area contributed by atoms with Gasteiger partial charge in [-0.15, -0.1) is 0 Å². The van der Waals surface area contributed by atoms with Gasteiger partial charge in [0.25, 0.3) is 0 Å². The van der Waals surface area contributed by atoms with Gasteiger partial charge in [-0.3, -0.25) is 4.40 Å². The summed E-state index contributed by atoms with van der Waals surface area (Å²) in [6, 6.07) is 5.69. The molecule has 0 spiro atoms. The predicted molar refractivity (Wildman–Crippen MR) is 88.7 cm³/mol. The van der Waals surface area contributed by atoms with Crippen molar-refractivity contribution >= 4 is 39.5 Å². The Morgan fingerprint density at radius 1 is 1.29 bits per heavy atom. The van der Waals surface area contributed by atoms with Crippen LogP contribution in [0.1, 0.15) is 16.3 Å². The normalized spacial score (nSPS) is 14.6. The molecule has 0 fully saturated rings. The molecule has 3 aromatic rings. The first-order chi connectivity index (χ1) is 10.1. The van der Waals surface area contributed by atoms with E-state index in [1.165, 1.54) is 16.3 Å². The van der Waals surface area contributed by atoms with E-state index in [9.17, 15) is 0 Å². The van der Waals surface area contributed by atoms with Crippen LogP contribution in [-0.2, 0) is 13.0 Å². The van der Waals surface area contributed by atoms with Gasteiger partial charge in [0.2, 0.25) is 0 Å². The maximum Gasteiger partial charge on any atom is 0.194 e. The summed E-state index contributed by atoms with van der Waals surface area (Å²) in [5.74, 6) is 0. The second kappa shape index (κ2) is 4.99. The number of halogens is 2. The van der Waals surface area contributed by atoms with Gasteiger partial charge in [0.15, 0.2) is 4.96 Å². The molecule has 1 N–H and O–H groups in total. The van der Waals surface area contributed by atoms with E-state index in [1.807, 2.05) is 18.2 Å². The highest BCUT2D eigenvalue weighted by atomic mass is 35.5. The Bertz CT molecular complexity index is 850. The van der Waals surface area contributed by atoms with E-state index >= 15 is 0 Å². The number of aryl methyl sites for hydroxylation is 1.